The quantitative estimate of drug-likeness (QED) is 0.363. The Bertz CT molecular complexity index is 1580. The number of benzene rings is 2. The zero-order valence-corrected chi connectivity index (χ0v) is 24.3. The Labute approximate surface area is 245 Å². The standard InChI is InChI=1S/C32H37N7O3/c1-22-17-39-28(34-29(22)37-15-14-26(33)18-37)16-27(35-39)23(2)36(3)30(40)32(25-12-8-5-9-13-25)20-38(21-32)31(41)42-19-24-10-6-4-7-11-24/h4-13,16-17,23,26H,14-15,18-21,33H2,1-3H3/t23-,26-/m0/s1. The van der Waals surface area contributed by atoms with Gasteiger partial charge in [0.25, 0.3) is 0 Å². The molecule has 6 rings (SSSR count). The van der Waals surface area contributed by atoms with Gasteiger partial charge in [-0.15, -0.1) is 0 Å². The van der Waals surface area contributed by atoms with Crippen molar-refractivity contribution in [2.24, 2.45) is 5.73 Å². The SMILES string of the molecule is Cc1cn2nc([C@H](C)N(C)C(=O)C3(c4ccccc4)CN(C(=O)OCc4ccccc4)C3)cc2nc1N1CC[C@H](N)C1. The summed E-state index contributed by atoms with van der Waals surface area (Å²) in [6.45, 7) is 6.35. The zero-order valence-electron chi connectivity index (χ0n) is 24.3. The first kappa shape index (κ1) is 27.7. The topological polar surface area (TPSA) is 109 Å². The summed E-state index contributed by atoms with van der Waals surface area (Å²) in [5.74, 6) is 0.858. The van der Waals surface area contributed by atoms with Gasteiger partial charge in [0.15, 0.2) is 5.65 Å². The number of ether oxygens (including phenoxy) is 1. The van der Waals surface area contributed by atoms with E-state index in [1.807, 2.05) is 86.8 Å². The molecule has 2 aliphatic rings. The third kappa shape index (κ3) is 5.07. The van der Waals surface area contributed by atoms with Crippen LogP contribution in [0.2, 0.25) is 0 Å². The van der Waals surface area contributed by atoms with Crippen LogP contribution in [0.15, 0.2) is 72.9 Å². The van der Waals surface area contributed by atoms with Gasteiger partial charge in [0.05, 0.1) is 11.7 Å². The Morgan fingerprint density at radius 2 is 1.81 bits per heavy atom. The number of nitrogens with two attached hydrogens (primary N) is 1. The van der Waals surface area contributed by atoms with Crippen LogP contribution in [0.25, 0.3) is 5.65 Å². The van der Waals surface area contributed by atoms with Gasteiger partial charge in [0.1, 0.15) is 17.8 Å². The number of fused-ring (bicyclic) bond motifs is 1. The van der Waals surface area contributed by atoms with Gasteiger partial charge >= 0.3 is 6.09 Å². The molecule has 218 valence electrons. The van der Waals surface area contributed by atoms with E-state index in [1.54, 1.807) is 21.4 Å². The first-order chi connectivity index (χ1) is 20.2. The minimum atomic E-state index is -0.869. The predicted molar refractivity (Wildman–Crippen MR) is 160 cm³/mol. The summed E-state index contributed by atoms with van der Waals surface area (Å²) >= 11 is 0. The number of hydrogen-bond donors (Lipinski definition) is 1. The van der Waals surface area contributed by atoms with E-state index < -0.39 is 11.5 Å². The number of likely N-dealkylation sites (tertiary alicyclic amines) is 1. The number of aromatic nitrogens is 3. The van der Waals surface area contributed by atoms with Crippen molar-refractivity contribution in [2.45, 2.75) is 44.4 Å². The average Bonchev–Trinajstić information content (AvgIpc) is 3.61. The monoisotopic (exact) mass is 567 g/mol. The molecule has 2 aliphatic heterocycles. The number of hydrogen-bond acceptors (Lipinski definition) is 7. The molecule has 0 bridgehead atoms. The molecule has 0 radical (unpaired) electrons. The van der Waals surface area contributed by atoms with E-state index in [9.17, 15) is 9.59 Å². The number of amides is 2. The number of carbonyl (C=O) groups excluding carboxylic acids is 2. The van der Waals surface area contributed by atoms with E-state index in [0.717, 1.165) is 53.4 Å². The third-order valence-electron chi connectivity index (χ3n) is 8.60. The number of likely N-dealkylation sites (N-methyl/N-ethyl adjacent to an activating group) is 1. The molecule has 0 spiro atoms. The first-order valence-corrected chi connectivity index (χ1v) is 14.4. The van der Waals surface area contributed by atoms with Gasteiger partial charge in [0.2, 0.25) is 5.91 Å². The number of anilines is 1. The molecular weight excluding hydrogens is 530 g/mol. The lowest BCUT2D eigenvalue weighted by Gasteiger charge is -2.50. The summed E-state index contributed by atoms with van der Waals surface area (Å²) in [6, 6.07) is 21.0. The van der Waals surface area contributed by atoms with Crippen LogP contribution in [0.1, 0.15) is 41.8 Å². The molecule has 4 heterocycles. The molecular formula is C32H37N7O3. The van der Waals surface area contributed by atoms with Gasteiger partial charge in [-0.25, -0.2) is 14.3 Å². The van der Waals surface area contributed by atoms with Crippen LogP contribution in [0.5, 0.6) is 0 Å². The van der Waals surface area contributed by atoms with Crippen molar-refractivity contribution in [1.82, 2.24) is 24.4 Å². The van der Waals surface area contributed by atoms with Crippen LogP contribution in [0, 0.1) is 6.92 Å². The second kappa shape index (κ2) is 11.1. The first-order valence-electron chi connectivity index (χ1n) is 14.4. The van der Waals surface area contributed by atoms with E-state index in [0.29, 0.717) is 0 Å². The lowest BCUT2D eigenvalue weighted by atomic mass is 9.72. The fourth-order valence-electron chi connectivity index (χ4n) is 5.98. The third-order valence-corrected chi connectivity index (χ3v) is 8.60. The molecule has 2 N–H and O–H groups in total. The molecule has 2 atom stereocenters. The van der Waals surface area contributed by atoms with Crippen LogP contribution in [0.4, 0.5) is 10.6 Å². The van der Waals surface area contributed by atoms with Crippen molar-refractivity contribution < 1.29 is 14.3 Å². The van der Waals surface area contributed by atoms with Gasteiger partial charge in [-0.3, -0.25) is 4.79 Å². The molecule has 0 saturated carbocycles. The van der Waals surface area contributed by atoms with Crippen LogP contribution < -0.4 is 10.6 Å². The van der Waals surface area contributed by atoms with Gasteiger partial charge in [-0.1, -0.05) is 60.7 Å². The summed E-state index contributed by atoms with van der Waals surface area (Å²) in [5, 5.41) is 4.79. The number of aryl methyl sites for hydroxylation is 1. The maximum Gasteiger partial charge on any atom is 0.410 e. The second-order valence-electron chi connectivity index (χ2n) is 11.6. The summed E-state index contributed by atoms with van der Waals surface area (Å²) in [5.41, 5.74) is 9.56. The average molecular weight is 568 g/mol. The highest BCUT2D eigenvalue weighted by Crippen LogP contribution is 2.38. The van der Waals surface area contributed by atoms with Crippen molar-refractivity contribution in [3.05, 3.63) is 95.3 Å². The van der Waals surface area contributed by atoms with Crippen molar-refractivity contribution in [3.8, 4) is 0 Å². The number of rotatable bonds is 7. The van der Waals surface area contributed by atoms with Crippen LogP contribution in [-0.4, -0.2) is 75.7 Å². The Hall–Kier alpha value is -4.44. The molecule has 2 saturated heterocycles. The van der Waals surface area contributed by atoms with E-state index in [4.69, 9.17) is 20.6 Å². The minimum absolute atomic E-state index is 0.0683. The second-order valence-corrected chi connectivity index (χ2v) is 11.6. The van der Waals surface area contributed by atoms with Gasteiger partial charge in [-0.2, -0.15) is 5.10 Å². The summed E-state index contributed by atoms with van der Waals surface area (Å²) in [7, 11) is 1.80. The smallest absolute Gasteiger partial charge is 0.410 e. The summed E-state index contributed by atoms with van der Waals surface area (Å²) < 4.78 is 7.32. The molecule has 0 unspecified atom stereocenters. The Morgan fingerprint density at radius 1 is 1.12 bits per heavy atom. The fraction of sp³-hybridized carbons (Fsp3) is 0.375. The van der Waals surface area contributed by atoms with E-state index in [2.05, 4.69) is 4.90 Å². The summed E-state index contributed by atoms with van der Waals surface area (Å²) in [6.07, 6.45) is 2.51. The number of nitrogens with zero attached hydrogens (tertiary/aromatic N) is 6. The molecule has 0 aliphatic carbocycles. The minimum Gasteiger partial charge on any atom is -0.445 e. The van der Waals surface area contributed by atoms with E-state index >= 15 is 0 Å². The molecule has 2 fully saturated rings. The Balaban J connectivity index is 1.20. The molecule has 10 heteroatoms. The predicted octanol–water partition coefficient (Wildman–Crippen LogP) is 3.68. The molecule has 2 amide bonds. The Morgan fingerprint density at radius 3 is 2.48 bits per heavy atom. The lowest BCUT2D eigenvalue weighted by molar-refractivity contribution is -0.144. The van der Waals surface area contributed by atoms with Crippen LogP contribution in [-0.2, 0) is 21.6 Å². The molecule has 10 nitrogen and oxygen atoms in total. The van der Waals surface area contributed by atoms with Gasteiger partial charge in [-0.05, 0) is 31.4 Å². The van der Waals surface area contributed by atoms with E-state index in [-0.39, 0.29) is 37.7 Å². The maximum absolute atomic E-state index is 14.2. The molecule has 2 aromatic carbocycles. The van der Waals surface area contributed by atoms with Crippen molar-refractivity contribution in [1.29, 1.82) is 0 Å². The van der Waals surface area contributed by atoms with Crippen molar-refractivity contribution in [2.75, 3.05) is 38.1 Å². The fourth-order valence-corrected chi connectivity index (χ4v) is 5.98. The molecule has 4 aromatic rings. The number of carbonyl (C=O) groups is 2. The highest BCUT2D eigenvalue weighted by Gasteiger charge is 2.54. The van der Waals surface area contributed by atoms with E-state index in [1.165, 1.54) is 0 Å². The van der Waals surface area contributed by atoms with Crippen LogP contribution >= 0.6 is 0 Å². The zero-order chi connectivity index (χ0) is 29.4. The van der Waals surface area contributed by atoms with Crippen molar-refractivity contribution >= 4 is 23.5 Å². The largest absolute Gasteiger partial charge is 0.445 e. The normalized spacial score (nSPS) is 18.5. The molecule has 2 aromatic heterocycles. The highest BCUT2D eigenvalue weighted by molar-refractivity contribution is 5.92. The Kier molecular flexibility index (Phi) is 7.32. The van der Waals surface area contributed by atoms with Gasteiger partial charge < -0.3 is 25.2 Å². The highest BCUT2D eigenvalue weighted by atomic mass is 16.6. The molecule has 42 heavy (non-hydrogen) atoms. The van der Waals surface area contributed by atoms with Crippen molar-refractivity contribution in [3.63, 3.8) is 0 Å². The lowest BCUT2D eigenvalue weighted by Crippen LogP contribution is -2.67. The van der Waals surface area contributed by atoms with Crippen LogP contribution in [0.3, 0.4) is 0 Å². The van der Waals surface area contributed by atoms with Gasteiger partial charge in [0, 0.05) is 57.1 Å². The maximum atomic E-state index is 14.2. The summed E-state index contributed by atoms with van der Waals surface area (Å²) in [4.78, 5) is 37.5.